The first-order chi connectivity index (χ1) is 8.79. The maximum absolute atomic E-state index is 5.87. The lowest BCUT2D eigenvalue weighted by atomic mass is 10.2. The highest BCUT2D eigenvalue weighted by atomic mass is 16.5. The molecule has 0 fully saturated rings. The third-order valence-electron chi connectivity index (χ3n) is 2.87. The summed E-state index contributed by atoms with van der Waals surface area (Å²) in [7, 11) is 0. The third-order valence-corrected chi connectivity index (χ3v) is 2.87. The Balaban J connectivity index is 2.07. The Labute approximate surface area is 103 Å². The van der Waals surface area contributed by atoms with Crippen molar-refractivity contribution in [2.45, 2.75) is 19.4 Å². The van der Waals surface area contributed by atoms with E-state index in [1.165, 1.54) is 0 Å². The number of hydrogen-bond acceptors (Lipinski definition) is 5. The molecule has 1 atom stereocenters. The van der Waals surface area contributed by atoms with E-state index in [0.717, 1.165) is 17.5 Å². The molecule has 2 N–H and O–H groups in total. The summed E-state index contributed by atoms with van der Waals surface area (Å²) in [6.07, 6.45) is 4.35. The molecule has 0 saturated carbocycles. The van der Waals surface area contributed by atoms with Gasteiger partial charge in [-0.3, -0.25) is 0 Å². The Hall–Kier alpha value is -2.21. The number of aromatic nitrogens is 4. The maximum atomic E-state index is 5.87. The monoisotopic (exact) mass is 243 g/mol. The summed E-state index contributed by atoms with van der Waals surface area (Å²) in [5.74, 6) is 0.984. The third kappa shape index (κ3) is 1.67. The van der Waals surface area contributed by atoms with E-state index in [4.69, 9.17) is 10.3 Å². The van der Waals surface area contributed by atoms with E-state index in [2.05, 4.69) is 15.2 Å². The summed E-state index contributed by atoms with van der Waals surface area (Å²) in [6.45, 7) is 1.98. The molecule has 0 aliphatic carbocycles. The number of hydrogen-bond donors (Lipinski definition) is 1. The molecule has 6 heteroatoms. The topological polar surface area (TPSA) is 82.2 Å². The van der Waals surface area contributed by atoms with Crippen LogP contribution in [-0.2, 0) is 0 Å². The predicted molar refractivity (Wildman–Crippen MR) is 65.7 cm³/mol. The van der Waals surface area contributed by atoms with Crippen LogP contribution in [0.25, 0.3) is 17.0 Å². The summed E-state index contributed by atoms with van der Waals surface area (Å²) < 4.78 is 7.01. The van der Waals surface area contributed by atoms with Gasteiger partial charge in [0.2, 0.25) is 0 Å². The molecule has 3 heterocycles. The minimum Gasteiger partial charge on any atom is -0.334 e. The van der Waals surface area contributed by atoms with Crippen molar-refractivity contribution in [2.75, 3.05) is 0 Å². The Bertz CT molecular complexity index is 672. The van der Waals surface area contributed by atoms with Crippen LogP contribution in [0.3, 0.4) is 0 Å². The Kier molecular flexibility index (Phi) is 2.56. The molecular formula is C12H13N5O. The van der Waals surface area contributed by atoms with Crippen LogP contribution in [0, 0.1) is 0 Å². The first-order valence-corrected chi connectivity index (χ1v) is 5.81. The average molecular weight is 243 g/mol. The van der Waals surface area contributed by atoms with Crippen LogP contribution in [0.4, 0.5) is 0 Å². The molecule has 0 bridgehead atoms. The van der Waals surface area contributed by atoms with Gasteiger partial charge in [-0.15, -0.1) is 0 Å². The lowest BCUT2D eigenvalue weighted by molar-refractivity contribution is 0.415. The van der Waals surface area contributed by atoms with Gasteiger partial charge in [0.25, 0.3) is 5.89 Å². The smallest absolute Gasteiger partial charge is 0.261 e. The molecule has 1 unspecified atom stereocenters. The highest BCUT2D eigenvalue weighted by Gasteiger charge is 2.16. The van der Waals surface area contributed by atoms with Gasteiger partial charge in [0, 0.05) is 6.20 Å². The van der Waals surface area contributed by atoms with Gasteiger partial charge in [-0.25, -0.2) is 4.52 Å². The lowest BCUT2D eigenvalue weighted by Crippen LogP contribution is -2.10. The SMILES string of the molecule is CCC(N)c1noc(-c2cnn3ccccc23)n1. The fourth-order valence-electron chi connectivity index (χ4n) is 1.78. The second kappa shape index (κ2) is 4.23. The van der Waals surface area contributed by atoms with Crippen molar-refractivity contribution in [1.82, 2.24) is 19.8 Å². The summed E-state index contributed by atoms with van der Waals surface area (Å²) in [4.78, 5) is 4.32. The van der Waals surface area contributed by atoms with Crippen molar-refractivity contribution in [1.29, 1.82) is 0 Å². The van der Waals surface area contributed by atoms with Gasteiger partial charge in [0.1, 0.15) is 0 Å². The van der Waals surface area contributed by atoms with Crippen LogP contribution >= 0.6 is 0 Å². The fraction of sp³-hybridized carbons (Fsp3) is 0.250. The highest BCUT2D eigenvalue weighted by Crippen LogP contribution is 2.23. The summed E-state index contributed by atoms with van der Waals surface area (Å²) in [6, 6.07) is 5.61. The number of nitrogens with two attached hydrogens (primary N) is 1. The second-order valence-electron chi connectivity index (χ2n) is 4.06. The van der Waals surface area contributed by atoms with Gasteiger partial charge >= 0.3 is 0 Å². The fourth-order valence-corrected chi connectivity index (χ4v) is 1.78. The quantitative estimate of drug-likeness (QED) is 0.758. The van der Waals surface area contributed by atoms with Gasteiger partial charge in [0.05, 0.1) is 23.3 Å². The van der Waals surface area contributed by atoms with E-state index in [1.807, 2.05) is 31.3 Å². The van der Waals surface area contributed by atoms with Crippen molar-refractivity contribution < 1.29 is 4.52 Å². The van der Waals surface area contributed by atoms with E-state index in [0.29, 0.717) is 11.7 Å². The molecule has 18 heavy (non-hydrogen) atoms. The summed E-state index contributed by atoms with van der Waals surface area (Å²) in [5, 5.41) is 8.13. The average Bonchev–Trinajstić information content (AvgIpc) is 3.03. The summed E-state index contributed by atoms with van der Waals surface area (Å²) >= 11 is 0. The first-order valence-electron chi connectivity index (χ1n) is 5.81. The number of rotatable bonds is 3. The van der Waals surface area contributed by atoms with Crippen molar-refractivity contribution in [2.24, 2.45) is 5.73 Å². The molecular weight excluding hydrogens is 230 g/mol. The Morgan fingerprint density at radius 2 is 2.33 bits per heavy atom. The van der Waals surface area contributed by atoms with E-state index in [1.54, 1.807) is 10.7 Å². The highest BCUT2D eigenvalue weighted by molar-refractivity contribution is 5.74. The first kappa shape index (κ1) is 10.9. The van der Waals surface area contributed by atoms with Crippen molar-refractivity contribution in [3.05, 3.63) is 36.4 Å². The zero-order valence-electron chi connectivity index (χ0n) is 9.95. The Morgan fingerprint density at radius 1 is 1.44 bits per heavy atom. The molecule has 0 radical (unpaired) electrons. The maximum Gasteiger partial charge on any atom is 0.261 e. The molecule has 0 amide bonds. The van der Waals surface area contributed by atoms with Crippen LogP contribution < -0.4 is 5.73 Å². The zero-order chi connectivity index (χ0) is 12.5. The largest absolute Gasteiger partial charge is 0.334 e. The van der Waals surface area contributed by atoms with Crippen LogP contribution in [-0.4, -0.2) is 19.8 Å². The normalized spacial score (nSPS) is 13.0. The van der Waals surface area contributed by atoms with Gasteiger partial charge in [-0.05, 0) is 18.6 Å². The van der Waals surface area contributed by atoms with Crippen LogP contribution in [0.2, 0.25) is 0 Å². The molecule has 0 spiro atoms. The molecule has 6 nitrogen and oxygen atoms in total. The lowest BCUT2D eigenvalue weighted by Gasteiger charge is -1.99. The minimum atomic E-state index is -0.190. The predicted octanol–water partition coefficient (Wildman–Crippen LogP) is 1.79. The molecule has 3 aromatic rings. The molecule has 0 saturated heterocycles. The molecule has 92 valence electrons. The van der Waals surface area contributed by atoms with Crippen molar-refractivity contribution in [3.63, 3.8) is 0 Å². The van der Waals surface area contributed by atoms with E-state index < -0.39 is 0 Å². The van der Waals surface area contributed by atoms with E-state index >= 15 is 0 Å². The van der Waals surface area contributed by atoms with Gasteiger partial charge in [0.15, 0.2) is 5.82 Å². The Morgan fingerprint density at radius 3 is 3.17 bits per heavy atom. The van der Waals surface area contributed by atoms with E-state index in [-0.39, 0.29) is 6.04 Å². The van der Waals surface area contributed by atoms with Crippen LogP contribution in [0.1, 0.15) is 25.2 Å². The van der Waals surface area contributed by atoms with Crippen LogP contribution in [0.5, 0.6) is 0 Å². The molecule has 0 aromatic carbocycles. The van der Waals surface area contributed by atoms with Gasteiger partial charge < -0.3 is 10.3 Å². The molecule has 0 aliphatic rings. The number of pyridine rings is 1. The van der Waals surface area contributed by atoms with Gasteiger partial charge in [-0.1, -0.05) is 18.1 Å². The minimum absolute atomic E-state index is 0.190. The zero-order valence-corrected chi connectivity index (χ0v) is 9.95. The summed E-state index contributed by atoms with van der Waals surface area (Å²) in [5.41, 5.74) is 7.61. The van der Waals surface area contributed by atoms with Crippen LogP contribution in [0.15, 0.2) is 35.1 Å². The van der Waals surface area contributed by atoms with Gasteiger partial charge in [-0.2, -0.15) is 10.1 Å². The number of nitrogens with zero attached hydrogens (tertiary/aromatic N) is 4. The molecule has 3 aromatic heterocycles. The van der Waals surface area contributed by atoms with E-state index in [9.17, 15) is 0 Å². The molecule has 0 aliphatic heterocycles. The number of fused-ring (bicyclic) bond motifs is 1. The standard InChI is InChI=1S/C12H13N5O/c1-2-9(13)11-15-12(18-16-11)8-7-14-17-6-4-3-5-10(8)17/h3-7,9H,2,13H2,1H3. The van der Waals surface area contributed by atoms with Crippen molar-refractivity contribution >= 4 is 5.52 Å². The molecule has 3 rings (SSSR count). The van der Waals surface area contributed by atoms with Crippen molar-refractivity contribution in [3.8, 4) is 11.5 Å². The second-order valence-corrected chi connectivity index (χ2v) is 4.06.